The number of halogens is 1. The topological polar surface area (TPSA) is 85.8 Å². The van der Waals surface area contributed by atoms with Crippen LogP contribution in [0.5, 0.6) is 0 Å². The van der Waals surface area contributed by atoms with Gasteiger partial charge in [0.25, 0.3) is 0 Å². The Bertz CT molecular complexity index is 892. The number of nitrogens with two attached hydrogens (primary N) is 1. The summed E-state index contributed by atoms with van der Waals surface area (Å²) in [6.45, 7) is 1.43. The lowest BCUT2D eigenvalue weighted by atomic mass is 10.2. The first-order chi connectivity index (χ1) is 12.7. The Kier molecular flexibility index (Phi) is 6.44. The molecule has 0 aliphatic carbocycles. The highest BCUT2D eigenvalue weighted by Gasteiger charge is 2.11. The van der Waals surface area contributed by atoms with Crippen molar-refractivity contribution >= 4 is 49.6 Å². The van der Waals surface area contributed by atoms with Gasteiger partial charge in [0.05, 0.1) is 17.4 Å². The number of anilines is 1. The van der Waals surface area contributed by atoms with Gasteiger partial charge in [0.2, 0.25) is 5.91 Å². The van der Waals surface area contributed by atoms with E-state index in [0.29, 0.717) is 18.8 Å². The third-order valence-corrected chi connectivity index (χ3v) is 4.98. The van der Waals surface area contributed by atoms with E-state index in [1.807, 2.05) is 24.3 Å². The SMILES string of the molecule is Nc1nc2ccccc2c2c1ncn2CCCNC(=O)CCCCCBr. The third-order valence-electron chi connectivity index (χ3n) is 4.42. The molecule has 1 aromatic carbocycles. The molecule has 26 heavy (non-hydrogen) atoms. The minimum atomic E-state index is 0.133. The summed E-state index contributed by atoms with van der Waals surface area (Å²) < 4.78 is 2.10. The summed E-state index contributed by atoms with van der Waals surface area (Å²) in [5.74, 6) is 0.586. The monoisotopic (exact) mass is 417 g/mol. The number of imidazole rings is 1. The number of para-hydroxylation sites is 1. The predicted molar refractivity (Wildman–Crippen MR) is 109 cm³/mol. The number of nitrogens with one attached hydrogen (secondary N) is 1. The van der Waals surface area contributed by atoms with E-state index in [2.05, 4.69) is 35.8 Å². The number of pyridine rings is 1. The minimum Gasteiger partial charge on any atom is -0.382 e. The van der Waals surface area contributed by atoms with Crippen LogP contribution < -0.4 is 11.1 Å². The van der Waals surface area contributed by atoms with Crippen molar-refractivity contribution in [2.75, 3.05) is 17.6 Å². The number of nitrogen functional groups attached to an aromatic ring is 1. The molecule has 0 unspecified atom stereocenters. The fourth-order valence-corrected chi connectivity index (χ4v) is 3.49. The van der Waals surface area contributed by atoms with E-state index in [1.165, 1.54) is 0 Å². The Balaban J connectivity index is 1.59. The summed E-state index contributed by atoms with van der Waals surface area (Å²) >= 11 is 3.40. The Morgan fingerprint density at radius 2 is 2.04 bits per heavy atom. The number of unbranched alkanes of at least 4 members (excludes halogenated alkanes) is 2. The molecule has 0 atom stereocenters. The van der Waals surface area contributed by atoms with Gasteiger partial charge in [-0.25, -0.2) is 9.97 Å². The van der Waals surface area contributed by atoms with Crippen LogP contribution in [-0.2, 0) is 11.3 Å². The van der Waals surface area contributed by atoms with Crippen LogP contribution >= 0.6 is 15.9 Å². The molecule has 3 aromatic rings. The summed E-state index contributed by atoms with van der Waals surface area (Å²) in [6, 6.07) is 7.94. The molecule has 3 N–H and O–H groups in total. The number of amides is 1. The largest absolute Gasteiger partial charge is 0.382 e. The molecule has 6 nitrogen and oxygen atoms in total. The molecule has 0 aliphatic heterocycles. The number of benzene rings is 1. The van der Waals surface area contributed by atoms with Crippen molar-refractivity contribution in [3.05, 3.63) is 30.6 Å². The van der Waals surface area contributed by atoms with E-state index in [9.17, 15) is 4.79 Å². The lowest BCUT2D eigenvalue weighted by molar-refractivity contribution is -0.121. The molecule has 7 heteroatoms. The third kappa shape index (κ3) is 4.33. The maximum atomic E-state index is 11.8. The van der Waals surface area contributed by atoms with Gasteiger partial charge in [0.1, 0.15) is 5.52 Å². The van der Waals surface area contributed by atoms with Gasteiger partial charge < -0.3 is 15.6 Å². The molecule has 1 amide bonds. The van der Waals surface area contributed by atoms with Gasteiger partial charge in [-0.05, 0) is 25.3 Å². The van der Waals surface area contributed by atoms with E-state index in [-0.39, 0.29) is 5.91 Å². The number of aryl methyl sites for hydroxylation is 1. The Morgan fingerprint density at radius 3 is 2.88 bits per heavy atom. The molecule has 0 bridgehead atoms. The average Bonchev–Trinajstić information content (AvgIpc) is 3.07. The first-order valence-corrected chi connectivity index (χ1v) is 10.1. The summed E-state index contributed by atoms with van der Waals surface area (Å²) in [5, 5.41) is 5.05. The number of rotatable bonds is 9. The number of alkyl halides is 1. The average molecular weight is 418 g/mol. The van der Waals surface area contributed by atoms with Crippen molar-refractivity contribution < 1.29 is 4.79 Å². The smallest absolute Gasteiger partial charge is 0.219 e. The summed E-state index contributed by atoms with van der Waals surface area (Å²) in [4.78, 5) is 20.7. The highest BCUT2D eigenvalue weighted by Crippen LogP contribution is 2.26. The maximum Gasteiger partial charge on any atom is 0.219 e. The lowest BCUT2D eigenvalue weighted by Crippen LogP contribution is -2.24. The highest BCUT2D eigenvalue weighted by atomic mass is 79.9. The van der Waals surface area contributed by atoms with E-state index < -0.39 is 0 Å². The van der Waals surface area contributed by atoms with Crippen LogP contribution in [0.1, 0.15) is 32.1 Å². The zero-order chi connectivity index (χ0) is 18.4. The zero-order valence-electron chi connectivity index (χ0n) is 14.7. The fourth-order valence-electron chi connectivity index (χ4n) is 3.10. The highest BCUT2D eigenvalue weighted by molar-refractivity contribution is 9.09. The number of carbonyl (C=O) groups is 1. The van der Waals surface area contributed by atoms with Gasteiger partial charge in [0.15, 0.2) is 5.82 Å². The van der Waals surface area contributed by atoms with Crippen molar-refractivity contribution in [3.63, 3.8) is 0 Å². The molecule has 0 aliphatic rings. The second kappa shape index (κ2) is 8.98. The molecule has 2 heterocycles. The molecule has 0 radical (unpaired) electrons. The Labute approximate surface area is 161 Å². The standard InChI is InChI=1S/C19H24BrN5O/c20-10-5-1-2-9-16(26)22-11-6-12-25-13-23-17-18(25)14-7-3-4-8-15(14)24-19(17)21/h3-4,7-8,13H,1-2,5-6,9-12H2,(H2,21,24)(H,22,26). The molecule has 2 aromatic heterocycles. The number of hydrogen-bond acceptors (Lipinski definition) is 4. The van der Waals surface area contributed by atoms with E-state index in [4.69, 9.17) is 5.73 Å². The van der Waals surface area contributed by atoms with Crippen LogP contribution in [-0.4, -0.2) is 32.3 Å². The van der Waals surface area contributed by atoms with E-state index in [0.717, 1.165) is 59.5 Å². The molecule has 0 saturated carbocycles. The van der Waals surface area contributed by atoms with E-state index >= 15 is 0 Å². The first-order valence-electron chi connectivity index (χ1n) is 9.02. The number of aromatic nitrogens is 3. The van der Waals surface area contributed by atoms with Crippen LogP contribution in [0.2, 0.25) is 0 Å². The fraction of sp³-hybridized carbons (Fsp3) is 0.421. The van der Waals surface area contributed by atoms with Gasteiger partial charge in [-0.2, -0.15) is 0 Å². The van der Waals surface area contributed by atoms with Gasteiger partial charge in [-0.15, -0.1) is 0 Å². The number of fused-ring (bicyclic) bond motifs is 3. The zero-order valence-corrected chi connectivity index (χ0v) is 16.3. The van der Waals surface area contributed by atoms with Crippen LogP contribution in [0, 0.1) is 0 Å². The van der Waals surface area contributed by atoms with Crippen LogP contribution in [0.4, 0.5) is 5.82 Å². The number of carbonyl (C=O) groups excluding carboxylic acids is 1. The summed E-state index contributed by atoms with van der Waals surface area (Å²) in [5.41, 5.74) is 8.67. The van der Waals surface area contributed by atoms with Crippen molar-refractivity contribution in [1.82, 2.24) is 19.9 Å². The second-order valence-corrected chi connectivity index (χ2v) is 7.15. The molecular weight excluding hydrogens is 394 g/mol. The molecule has 0 fully saturated rings. The Hall–Kier alpha value is -2.15. The maximum absolute atomic E-state index is 11.8. The molecule has 3 rings (SSSR count). The van der Waals surface area contributed by atoms with Gasteiger partial charge in [-0.3, -0.25) is 4.79 Å². The predicted octanol–water partition coefficient (Wildman–Crippen LogP) is 3.63. The molecular formula is C19H24BrN5O. The lowest BCUT2D eigenvalue weighted by Gasteiger charge is -2.09. The number of hydrogen-bond donors (Lipinski definition) is 2. The summed E-state index contributed by atoms with van der Waals surface area (Å²) in [7, 11) is 0. The second-order valence-electron chi connectivity index (χ2n) is 6.35. The number of nitrogens with zero attached hydrogens (tertiary/aromatic N) is 3. The van der Waals surface area contributed by atoms with E-state index in [1.54, 1.807) is 6.33 Å². The molecule has 138 valence electrons. The molecule has 0 saturated heterocycles. The van der Waals surface area contributed by atoms with Crippen molar-refractivity contribution in [3.8, 4) is 0 Å². The molecule has 0 spiro atoms. The van der Waals surface area contributed by atoms with Gasteiger partial charge >= 0.3 is 0 Å². The first kappa shape index (κ1) is 18.6. The van der Waals surface area contributed by atoms with Gasteiger partial charge in [0, 0.05) is 30.2 Å². The minimum absolute atomic E-state index is 0.133. The quantitative estimate of drug-likeness (QED) is 0.411. The van der Waals surface area contributed by atoms with Crippen molar-refractivity contribution in [2.45, 2.75) is 38.6 Å². The van der Waals surface area contributed by atoms with Crippen LogP contribution in [0.15, 0.2) is 30.6 Å². The van der Waals surface area contributed by atoms with Gasteiger partial charge in [-0.1, -0.05) is 40.5 Å². The van der Waals surface area contributed by atoms with Crippen molar-refractivity contribution in [2.24, 2.45) is 0 Å². The Morgan fingerprint density at radius 1 is 1.19 bits per heavy atom. The summed E-state index contributed by atoms with van der Waals surface area (Å²) in [6.07, 6.45) is 6.40. The van der Waals surface area contributed by atoms with Crippen LogP contribution in [0.25, 0.3) is 21.9 Å². The van der Waals surface area contributed by atoms with Crippen molar-refractivity contribution in [1.29, 1.82) is 0 Å². The van der Waals surface area contributed by atoms with Crippen LogP contribution in [0.3, 0.4) is 0 Å². The normalized spacial score (nSPS) is 11.3.